The van der Waals surface area contributed by atoms with Gasteiger partial charge < -0.3 is 5.32 Å². The highest BCUT2D eigenvalue weighted by Gasteiger charge is 2.14. The van der Waals surface area contributed by atoms with Crippen molar-refractivity contribution in [2.24, 2.45) is 0 Å². The Balaban J connectivity index is 2.30. The van der Waals surface area contributed by atoms with E-state index >= 15 is 0 Å². The number of halogens is 4. The molecule has 20 heavy (non-hydrogen) atoms. The Labute approximate surface area is 132 Å². The fraction of sp³-hybridized carbons (Fsp3) is 0.200. The van der Waals surface area contributed by atoms with Gasteiger partial charge in [-0.25, -0.2) is 4.39 Å². The topological polar surface area (TPSA) is 12.0 Å². The van der Waals surface area contributed by atoms with Crippen LogP contribution in [0.4, 0.5) is 10.1 Å². The van der Waals surface area contributed by atoms with Gasteiger partial charge in [0.05, 0.1) is 11.1 Å². The first-order valence-corrected chi connectivity index (χ1v) is 7.19. The Morgan fingerprint density at radius 3 is 2.45 bits per heavy atom. The highest BCUT2D eigenvalue weighted by Crippen LogP contribution is 2.31. The molecule has 5 heteroatoms. The minimum absolute atomic E-state index is 0.0184. The van der Waals surface area contributed by atoms with Gasteiger partial charge >= 0.3 is 0 Å². The SMILES string of the molecule is Cc1ccc(Cl)cc1NC(C)c1cc(F)c(Cl)cc1Cl. The van der Waals surface area contributed by atoms with Gasteiger partial charge in [0.15, 0.2) is 0 Å². The first-order valence-electron chi connectivity index (χ1n) is 6.05. The Hall–Kier alpha value is -0.960. The quantitative estimate of drug-likeness (QED) is 0.653. The van der Waals surface area contributed by atoms with Crippen molar-refractivity contribution in [1.29, 1.82) is 0 Å². The minimum atomic E-state index is -0.484. The van der Waals surface area contributed by atoms with Crippen molar-refractivity contribution in [2.75, 3.05) is 5.32 Å². The van der Waals surface area contributed by atoms with Gasteiger partial charge in [-0.1, -0.05) is 40.9 Å². The van der Waals surface area contributed by atoms with Crippen molar-refractivity contribution in [3.8, 4) is 0 Å². The molecule has 1 N–H and O–H groups in total. The highest BCUT2D eigenvalue weighted by molar-refractivity contribution is 6.35. The van der Waals surface area contributed by atoms with Crippen LogP contribution in [0.3, 0.4) is 0 Å². The second kappa shape index (κ2) is 6.21. The van der Waals surface area contributed by atoms with E-state index in [1.807, 2.05) is 32.0 Å². The van der Waals surface area contributed by atoms with E-state index in [2.05, 4.69) is 5.32 Å². The molecule has 0 saturated heterocycles. The van der Waals surface area contributed by atoms with Gasteiger partial charge in [0, 0.05) is 15.7 Å². The Bertz CT molecular complexity index is 643. The zero-order chi connectivity index (χ0) is 14.9. The molecule has 1 unspecified atom stereocenters. The minimum Gasteiger partial charge on any atom is -0.378 e. The average molecular weight is 333 g/mol. The lowest BCUT2D eigenvalue weighted by Gasteiger charge is -2.19. The normalized spacial score (nSPS) is 12.3. The molecule has 0 aliphatic heterocycles. The number of aryl methyl sites for hydroxylation is 1. The van der Waals surface area contributed by atoms with Crippen molar-refractivity contribution in [2.45, 2.75) is 19.9 Å². The van der Waals surface area contributed by atoms with Gasteiger partial charge in [0.1, 0.15) is 5.82 Å². The van der Waals surface area contributed by atoms with E-state index in [0.717, 1.165) is 11.3 Å². The molecule has 2 aromatic rings. The van der Waals surface area contributed by atoms with Gasteiger partial charge in [0.25, 0.3) is 0 Å². The van der Waals surface area contributed by atoms with E-state index in [9.17, 15) is 4.39 Å². The summed E-state index contributed by atoms with van der Waals surface area (Å²) in [6, 6.07) is 8.15. The average Bonchev–Trinajstić information content (AvgIpc) is 2.38. The predicted molar refractivity (Wildman–Crippen MR) is 84.6 cm³/mol. The van der Waals surface area contributed by atoms with Crippen LogP contribution in [0, 0.1) is 12.7 Å². The molecule has 0 amide bonds. The molecule has 0 bridgehead atoms. The molecular weight excluding hydrogens is 320 g/mol. The van der Waals surface area contributed by atoms with Crippen molar-refractivity contribution in [3.63, 3.8) is 0 Å². The van der Waals surface area contributed by atoms with E-state index in [1.165, 1.54) is 12.1 Å². The van der Waals surface area contributed by atoms with E-state index in [0.29, 0.717) is 15.6 Å². The van der Waals surface area contributed by atoms with Crippen LogP contribution in [0.25, 0.3) is 0 Å². The summed E-state index contributed by atoms with van der Waals surface area (Å²) < 4.78 is 13.6. The summed E-state index contributed by atoms with van der Waals surface area (Å²) in [7, 11) is 0. The molecule has 2 rings (SSSR count). The van der Waals surface area contributed by atoms with Crippen molar-refractivity contribution < 1.29 is 4.39 Å². The maximum Gasteiger partial charge on any atom is 0.142 e. The zero-order valence-electron chi connectivity index (χ0n) is 11.0. The number of rotatable bonds is 3. The number of hydrogen-bond acceptors (Lipinski definition) is 1. The fourth-order valence-electron chi connectivity index (χ4n) is 1.93. The van der Waals surface area contributed by atoms with E-state index in [-0.39, 0.29) is 11.1 Å². The number of anilines is 1. The Morgan fingerprint density at radius 1 is 1.05 bits per heavy atom. The summed E-state index contributed by atoms with van der Waals surface area (Å²) in [4.78, 5) is 0. The standard InChI is InChI=1S/C15H13Cl3FN/c1-8-3-4-10(16)5-15(8)20-9(2)11-6-14(19)13(18)7-12(11)17/h3-7,9,20H,1-2H3. The lowest BCUT2D eigenvalue weighted by molar-refractivity contribution is 0.624. The summed E-state index contributed by atoms with van der Waals surface area (Å²) in [6.45, 7) is 3.87. The van der Waals surface area contributed by atoms with Crippen LogP contribution in [-0.4, -0.2) is 0 Å². The molecule has 0 aliphatic rings. The first kappa shape index (κ1) is 15.4. The van der Waals surface area contributed by atoms with Crippen molar-refractivity contribution in [1.82, 2.24) is 0 Å². The summed E-state index contributed by atoms with van der Waals surface area (Å²) in [5.41, 5.74) is 2.58. The predicted octanol–water partition coefficient (Wildman–Crippen LogP) is 6.27. The molecule has 2 aromatic carbocycles. The molecular formula is C15H13Cl3FN. The highest BCUT2D eigenvalue weighted by atomic mass is 35.5. The third-order valence-corrected chi connectivity index (χ3v) is 3.93. The van der Waals surface area contributed by atoms with E-state index in [4.69, 9.17) is 34.8 Å². The molecule has 1 nitrogen and oxygen atoms in total. The van der Waals surface area contributed by atoms with Crippen LogP contribution in [0.15, 0.2) is 30.3 Å². The maximum atomic E-state index is 13.6. The van der Waals surface area contributed by atoms with Gasteiger partial charge in [-0.15, -0.1) is 0 Å². The lowest BCUT2D eigenvalue weighted by atomic mass is 10.1. The van der Waals surface area contributed by atoms with Crippen molar-refractivity contribution >= 4 is 40.5 Å². The van der Waals surface area contributed by atoms with Crippen LogP contribution in [0.5, 0.6) is 0 Å². The summed E-state index contributed by atoms with van der Waals surface area (Å²) in [5.74, 6) is -0.484. The third kappa shape index (κ3) is 3.38. The number of hydrogen-bond donors (Lipinski definition) is 1. The first-order chi connectivity index (χ1) is 9.38. The molecule has 0 radical (unpaired) electrons. The molecule has 1 atom stereocenters. The largest absolute Gasteiger partial charge is 0.378 e. The van der Waals surface area contributed by atoms with Crippen LogP contribution in [-0.2, 0) is 0 Å². The van der Waals surface area contributed by atoms with E-state index < -0.39 is 5.82 Å². The maximum absolute atomic E-state index is 13.6. The lowest BCUT2D eigenvalue weighted by Crippen LogP contribution is -2.08. The summed E-state index contributed by atoms with van der Waals surface area (Å²) in [6.07, 6.45) is 0. The molecule has 0 saturated carbocycles. The van der Waals surface area contributed by atoms with Gasteiger partial charge in [0.2, 0.25) is 0 Å². The monoisotopic (exact) mass is 331 g/mol. The Kier molecular flexibility index (Phi) is 4.79. The molecule has 0 spiro atoms. The van der Waals surface area contributed by atoms with Crippen molar-refractivity contribution in [3.05, 3.63) is 62.3 Å². The summed E-state index contributed by atoms with van der Waals surface area (Å²) in [5, 5.41) is 4.36. The van der Waals surface area contributed by atoms with Gasteiger partial charge in [-0.05, 0) is 49.2 Å². The third-order valence-electron chi connectivity index (χ3n) is 3.08. The van der Waals surface area contributed by atoms with Crippen LogP contribution in [0.2, 0.25) is 15.1 Å². The van der Waals surface area contributed by atoms with Crippen LogP contribution in [0.1, 0.15) is 24.1 Å². The van der Waals surface area contributed by atoms with E-state index in [1.54, 1.807) is 0 Å². The molecule has 0 heterocycles. The second-order valence-corrected chi connectivity index (χ2v) is 5.86. The fourth-order valence-corrected chi connectivity index (χ4v) is 2.65. The van der Waals surface area contributed by atoms with Crippen LogP contribution < -0.4 is 5.32 Å². The number of benzene rings is 2. The smallest absolute Gasteiger partial charge is 0.142 e. The molecule has 0 aromatic heterocycles. The van der Waals surface area contributed by atoms with Crippen LogP contribution >= 0.6 is 34.8 Å². The second-order valence-electron chi connectivity index (χ2n) is 4.61. The summed E-state index contributed by atoms with van der Waals surface area (Å²) >= 11 is 17.8. The Morgan fingerprint density at radius 2 is 1.75 bits per heavy atom. The molecule has 0 aliphatic carbocycles. The van der Waals surface area contributed by atoms with Gasteiger partial charge in [-0.3, -0.25) is 0 Å². The number of nitrogens with one attached hydrogen (secondary N) is 1. The zero-order valence-corrected chi connectivity index (χ0v) is 13.2. The molecule has 0 fully saturated rings. The van der Waals surface area contributed by atoms with Gasteiger partial charge in [-0.2, -0.15) is 0 Å². The molecule has 106 valence electrons.